The summed E-state index contributed by atoms with van der Waals surface area (Å²) in [4.78, 5) is 0.268. The Morgan fingerprint density at radius 1 is 0.806 bits per heavy atom. The van der Waals surface area contributed by atoms with Crippen LogP contribution in [0.25, 0.3) is 10.8 Å². The van der Waals surface area contributed by atoms with Crippen molar-refractivity contribution in [1.29, 1.82) is 0 Å². The van der Waals surface area contributed by atoms with Crippen molar-refractivity contribution in [3.63, 3.8) is 0 Å². The number of hydrogen-bond acceptors (Lipinski definition) is 3. The van der Waals surface area contributed by atoms with Gasteiger partial charge in [-0.2, -0.15) is 0 Å². The van der Waals surface area contributed by atoms with Gasteiger partial charge in [0.05, 0.1) is 12.0 Å². The summed E-state index contributed by atoms with van der Waals surface area (Å²) in [6.07, 6.45) is 0. The standard InChI is InChI=1S/C26H25NO3S/c1-19-12-14-21(15-13-19)31(28,29)27-18-25(20-8-4-3-5-9-20)23-16-17-26(30-2)24-11-7-6-10-22(23)24/h3-17,25,27H,18H2,1-2H3. The van der Waals surface area contributed by atoms with Crippen LogP contribution >= 0.6 is 0 Å². The molecule has 0 aliphatic carbocycles. The Kier molecular flexibility index (Phi) is 6.07. The molecule has 0 saturated heterocycles. The van der Waals surface area contributed by atoms with E-state index in [1.54, 1.807) is 31.4 Å². The highest BCUT2D eigenvalue weighted by Crippen LogP contribution is 2.35. The SMILES string of the molecule is COc1ccc(C(CNS(=O)(=O)c2ccc(C)cc2)c2ccccc2)c2ccccc12. The van der Waals surface area contributed by atoms with Crippen LogP contribution in [0.2, 0.25) is 0 Å². The van der Waals surface area contributed by atoms with Gasteiger partial charge in [-0.3, -0.25) is 0 Å². The summed E-state index contributed by atoms with van der Waals surface area (Å²) in [6, 6.07) is 28.9. The van der Waals surface area contributed by atoms with Crippen molar-refractivity contribution in [3.05, 3.63) is 108 Å². The van der Waals surface area contributed by atoms with Gasteiger partial charge in [0.15, 0.2) is 0 Å². The normalized spacial score (nSPS) is 12.6. The molecule has 1 atom stereocenters. The smallest absolute Gasteiger partial charge is 0.240 e. The number of fused-ring (bicyclic) bond motifs is 1. The summed E-state index contributed by atoms with van der Waals surface area (Å²) in [6.45, 7) is 2.18. The minimum atomic E-state index is -3.63. The van der Waals surface area contributed by atoms with Gasteiger partial charge in [0.1, 0.15) is 5.75 Å². The fourth-order valence-electron chi connectivity index (χ4n) is 3.86. The van der Waals surface area contributed by atoms with E-state index in [0.717, 1.165) is 33.2 Å². The van der Waals surface area contributed by atoms with Crippen molar-refractivity contribution in [3.8, 4) is 5.75 Å². The number of hydrogen-bond donors (Lipinski definition) is 1. The van der Waals surface area contributed by atoms with E-state index in [0.29, 0.717) is 0 Å². The predicted octanol–water partition coefficient (Wildman–Crippen LogP) is 5.27. The summed E-state index contributed by atoms with van der Waals surface area (Å²) < 4.78 is 34.3. The molecule has 0 fully saturated rings. The molecule has 0 spiro atoms. The molecule has 1 N–H and O–H groups in total. The molecule has 4 rings (SSSR count). The van der Waals surface area contributed by atoms with Gasteiger partial charge in [-0.05, 0) is 41.6 Å². The first-order valence-corrected chi connectivity index (χ1v) is 11.6. The van der Waals surface area contributed by atoms with Crippen LogP contribution in [-0.4, -0.2) is 22.1 Å². The Labute approximate surface area is 183 Å². The van der Waals surface area contributed by atoms with E-state index in [9.17, 15) is 8.42 Å². The molecule has 1 unspecified atom stereocenters. The highest BCUT2D eigenvalue weighted by atomic mass is 32.2. The van der Waals surface area contributed by atoms with E-state index >= 15 is 0 Å². The third-order valence-electron chi connectivity index (χ3n) is 5.52. The van der Waals surface area contributed by atoms with Gasteiger partial charge >= 0.3 is 0 Å². The molecule has 0 aliphatic heterocycles. The summed E-state index contributed by atoms with van der Waals surface area (Å²) in [5, 5.41) is 2.05. The van der Waals surface area contributed by atoms with Crippen LogP contribution in [-0.2, 0) is 10.0 Å². The molecular formula is C26H25NO3S. The van der Waals surface area contributed by atoms with Gasteiger partial charge in [-0.15, -0.1) is 0 Å². The molecule has 0 heterocycles. The molecule has 0 aliphatic rings. The zero-order chi connectivity index (χ0) is 21.8. The van der Waals surface area contributed by atoms with Gasteiger partial charge in [0.25, 0.3) is 0 Å². The van der Waals surface area contributed by atoms with Crippen LogP contribution in [0.15, 0.2) is 95.9 Å². The molecular weight excluding hydrogens is 406 g/mol. The molecule has 31 heavy (non-hydrogen) atoms. The first-order valence-electron chi connectivity index (χ1n) is 10.2. The number of rotatable bonds is 7. The maximum Gasteiger partial charge on any atom is 0.240 e. The van der Waals surface area contributed by atoms with Gasteiger partial charge in [0, 0.05) is 17.8 Å². The molecule has 0 amide bonds. The second kappa shape index (κ2) is 8.92. The number of ether oxygens (including phenoxy) is 1. The van der Waals surface area contributed by atoms with Crippen LogP contribution in [0.4, 0.5) is 0 Å². The Hall–Kier alpha value is -3.15. The van der Waals surface area contributed by atoms with Crippen molar-refractivity contribution in [2.45, 2.75) is 17.7 Å². The van der Waals surface area contributed by atoms with E-state index in [1.807, 2.05) is 67.6 Å². The Bertz CT molecular complexity index is 1280. The number of methoxy groups -OCH3 is 1. The molecule has 158 valence electrons. The average molecular weight is 432 g/mol. The van der Waals surface area contributed by atoms with Crippen molar-refractivity contribution < 1.29 is 13.2 Å². The summed E-state index contributed by atoms with van der Waals surface area (Å²) in [5.74, 6) is 0.642. The van der Waals surface area contributed by atoms with Crippen molar-refractivity contribution in [2.24, 2.45) is 0 Å². The monoisotopic (exact) mass is 431 g/mol. The van der Waals surface area contributed by atoms with E-state index < -0.39 is 10.0 Å². The van der Waals surface area contributed by atoms with E-state index in [-0.39, 0.29) is 17.4 Å². The van der Waals surface area contributed by atoms with E-state index in [1.165, 1.54) is 0 Å². The summed E-state index contributed by atoms with van der Waals surface area (Å²) in [7, 11) is -1.97. The molecule has 4 aromatic carbocycles. The topological polar surface area (TPSA) is 55.4 Å². The number of benzene rings is 4. The lowest BCUT2D eigenvalue weighted by molar-refractivity contribution is 0.419. The van der Waals surface area contributed by atoms with Crippen molar-refractivity contribution >= 4 is 20.8 Å². The molecule has 0 aromatic heterocycles. The fourth-order valence-corrected chi connectivity index (χ4v) is 4.91. The van der Waals surface area contributed by atoms with Crippen LogP contribution in [0.5, 0.6) is 5.75 Å². The summed E-state index contributed by atoms with van der Waals surface area (Å²) >= 11 is 0. The van der Waals surface area contributed by atoms with Gasteiger partial charge in [-0.1, -0.05) is 78.4 Å². The molecule has 5 heteroatoms. The van der Waals surface area contributed by atoms with Crippen LogP contribution < -0.4 is 9.46 Å². The number of nitrogens with one attached hydrogen (secondary N) is 1. The first kappa shape index (κ1) is 21.1. The third kappa shape index (κ3) is 4.48. The Morgan fingerprint density at radius 2 is 1.45 bits per heavy atom. The quantitative estimate of drug-likeness (QED) is 0.434. The van der Waals surface area contributed by atoms with E-state index in [2.05, 4.69) is 10.8 Å². The first-order chi connectivity index (χ1) is 15.0. The molecule has 0 saturated carbocycles. The van der Waals surface area contributed by atoms with Crippen LogP contribution in [0.3, 0.4) is 0 Å². The van der Waals surface area contributed by atoms with Gasteiger partial charge in [-0.25, -0.2) is 13.1 Å². The maximum absolute atomic E-state index is 12.9. The zero-order valence-electron chi connectivity index (χ0n) is 17.6. The van der Waals surface area contributed by atoms with Gasteiger partial charge in [0.2, 0.25) is 10.0 Å². The highest BCUT2D eigenvalue weighted by Gasteiger charge is 2.22. The second-order valence-electron chi connectivity index (χ2n) is 7.53. The zero-order valence-corrected chi connectivity index (χ0v) is 18.4. The molecule has 0 bridgehead atoms. The van der Waals surface area contributed by atoms with Crippen LogP contribution in [0, 0.1) is 6.92 Å². The lowest BCUT2D eigenvalue weighted by Crippen LogP contribution is -2.29. The summed E-state index contributed by atoms with van der Waals surface area (Å²) in [5.41, 5.74) is 3.12. The van der Waals surface area contributed by atoms with Gasteiger partial charge < -0.3 is 4.74 Å². The molecule has 4 nitrogen and oxygen atoms in total. The molecule has 0 radical (unpaired) electrons. The Balaban J connectivity index is 1.75. The Morgan fingerprint density at radius 3 is 2.13 bits per heavy atom. The minimum absolute atomic E-state index is 0.155. The van der Waals surface area contributed by atoms with Crippen molar-refractivity contribution in [2.75, 3.05) is 13.7 Å². The lowest BCUT2D eigenvalue weighted by atomic mass is 9.87. The number of aryl methyl sites for hydroxylation is 1. The minimum Gasteiger partial charge on any atom is -0.496 e. The fraction of sp³-hybridized carbons (Fsp3) is 0.154. The average Bonchev–Trinajstić information content (AvgIpc) is 2.80. The third-order valence-corrected chi connectivity index (χ3v) is 6.96. The second-order valence-corrected chi connectivity index (χ2v) is 9.30. The molecule has 4 aromatic rings. The highest BCUT2D eigenvalue weighted by molar-refractivity contribution is 7.89. The van der Waals surface area contributed by atoms with Crippen molar-refractivity contribution in [1.82, 2.24) is 4.72 Å². The van der Waals surface area contributed by atoms with E-state index in [4.69, 9.17) is 4.74 Å². The maximum atomic E-state index is 12.9. The van der Waals surface area contributed by atoms with Crippen LogP contribution in [0.1, 0.15) is 22.6 Å². The predicted molar refractivity (Wildman–Crippen MR) is 125 cm³/mol. The largest absolute Gasteiger partial charge is 0.496 e. The number of sulfonamides is 1. The lowest BCUT2D eigenvalue weighted by Gasteiger charge is -2.21.